The van der Waals surface area contributed by atoms with Gasteiger partial charge in [0.2, 0.25) is 0 Å². The summed E-state index contributed by atoms with van der Waals surface area (Å²) < 4.78 is 52.4. The van der Waals surface area contributed by atoms with Gasteiger partial charge >= 0.3 is 6.61 Å². The minimum absolute atomic E-state index is 0.450. The summed E-state index contributed by atoms with van der Waals surface area (Å²) >= 11 is 0. The molecule has 0 spiro atoms. The lowest BCUT2D eigenvalue weighted by Crippen LogP contribution is -2.02. The Bertz CT molecular complexity index is 333. The Balaban J connectivity index is 3.07. The normalized spacial score (nSPS) is 10.4. The van der Waals surface area contributed by atoms with E-state index < -0.39 is 29.7 Å². The first-order chi connectivity index (χ1) is 6.54. The van der Waals surface area contributed by atoms with Gasteiger partial charge in [-0.15, -0.1) is 4.91 Å². The van der Waals surface area contributed by atoms with E-state index in [-0.39, 0.29) is 0 Å². The van der Waals surface area contributed by atoms with Crippen LogP contribution in [-0.2, 0) is 0 Å². The topological polar surface area (TPSA) is 38.7 Å². The van der Waals surface area contributed by atoms with Gasteiger partial charge in [0.15, 0.2) is 17.3 Å². The standard InChI is InChI=1S/C7H3F4NO2/c8-4-1-3(14-7(10)11)2-5(9)6(4)12-13/h1-2,7H. The maximum absolute atomic E-state index is 12.7. The number of rotatable bonds is 3. The molecule has 0 bridgehead atoms. The molecule has 0 saturated heterocycles. The molecule has 1 rings (SSSR count). The number of halogens is 4. The van der Waals surface area contributed by atoms with Crippen molar-refractivity contribution in [3.63, 3.8) is 0 Å². The number of nitrogens with zero attached hydrogens (tertiary/aromatic N) is 1. The fourth-order valence-electron chi connectivity index (χ4n) is 0.800. The van der Waals surface area contributed by atoms with Gasteiger partial charge < -0.3 is 4.74 Å². The van der Waals surface area contributed by atoms with E-state index in [1.165, 1.54) is 0 Å². The Kier molecular flexibility index (Phi) is 3.00. The molecule has 0 saturated carbocycles. The molecule has 14 heavy (non-hydrogen) atoms. The number of ether oxygens (including phenoxy) is 1. The highest BCUT2D eigenvalue weighted by atomic mass is 19.3. The molecule has 1 aromatic rings. The maximum atomic E-state index is 12.7. The minimum atomic E-state index is -3.19. The molecule has 3 nitrogen and oxygen atoms in total. The first-order valence-electron chi connectivity index (χ1n) is 3.32. The third kappa shape index (κ3) is 2.18. The molecule has 0 atom stereocenters. The Hall–Kier alpha value is -1.66. The summed E-state index contributed by atoms with van der Waals surface area (Å²) in [5.74, 6) is -3.41. The summed E-state index contributed by atoms with van der Waals surface area (Å²) in [4.78, 5) is 9.86. The smallest absolute Gasteiger partial charge is 0.387 e. The lowest BCUT2D eigenvalue weighted by molar-refractivity contribution is -0.0501. The minimum Gasteiger partial charge on any atom is -0.435 e. The van der Waals surface area contributed by atoms with Crippen molar-refractivity contribution < 1.29 is 22.3 Å². The van der Waals surface area contributed by atoms with E-state index in [1.807, 2.05) is 5.18 Å². The van der Waals surface area contributed by atoms with Gasteiger partial charge in [-0.2, -0.15) is 8.78 Å². The lowest BCUT2D eigenvalue weighted by atomic mass is 10.3. The first-order valence-corrected chi connectivity index (χ1v) is 3.32. The van der Waals surface area contributed by atoms with Crippen molar-refractivity contribution in [2.45, 2.75) is 6.61 Å². The first kappa shape index (κ1) is 10.4. The van der Waals surface area contributed by atoms with Crippen molar-refractivity contribution in [3.05, 3.63) is 28.7 Å². The van der Waals surface area contributed by atoms with Crippen molar-refractivity contribution in [2.75, 3.05) is 0 Å². The van der Waals surface area contributed by atoms with E-state index in [9.17, 15) is 22.5 Å². The van der Waals surface area contributed by atoms with E-state index in [0.29, 0.717) is 12.1 Å². The molecule has 1 aromatic carbocycles. The highest BCUT2D eigenvalue weighted by Crippen LogP contribution is 2.27. The van der Waals surface area contributed by atoms with Gasteiger partial charge in [0.05, 0.1) is 0 Å². The van der Waals surface area contributed by atoms with Gasteiger partial charge in [0.25, 0.3) is 0 Å². The highest BCUT2D eigenvalue weighted by Gasteiger charge is 2.14. The Morgan fingerprint density at radius 1 is 1.21 bits per heavy atom. The van der Waals surface area contributed by atoms with Crippen molar-refractivity contribution in [2.24, 2.45) is 5.18 Å². The Morgan fingerprint density at radius 2 is 1.71 bits per heavy atom. The zero-order valence-corrected chi connectivity index (χ0v) is 6.51. The molecular weight excluding hydrogens is 206 g/mol. The SMILES string of the molecule is O=Nc1c(F)cc(OC(F)F)cc1F. The summed E-state index contributed by atoms with van der Waals surface area (Å²) in [5.41, 5.74) is -1.06. The number of alkyl halides is 2. The van der Waals surface area contributed by atoms with Crippen molar-refractivity contribution >= 4 is 5.69 Å². The van der Waals surface area contributed by atoms with Crippen LogP contribution in [0.1, 0.15) is 0 Å². The second-order valence-corrected chi connectivity index (χ2v) is 2.21. The summed E-state index contributed by atoms with van der Waals surface area (Å²) in [7, 11) is 0. The highest BCUT2D eigenvalue weighted by molar-refractivity contribution is 5.44. The monoisotopic (exact) mass is 209 g/mol. The van der Waals surface area contributed by atoms with Crippen LogP contribution in [0, 0.1) is 16.5 Å². The van der Waals surface area contributed by atoms with E-state index in [2.05, 4.69) is 4.74 Å². The molecule has 76 valence electrons. The van der Waals surface area contributed by atoms with Crippen LogP contribution in [0.4, 0.5) is 23.2 Å². The van der Waals surface area contributed by atoms with Crippen LogP contribution >= 0.6 is 0 Å². The van der Waals surface area contributed by atoms with Crippen LogP contribution in [-0.4, -0.2) is 6.61 Å². The second kappa shape index (κ2) is 4.03. The molecule has 0 amide bonds. The van der Waals surface area contributed by atoms with Gasteiger partial charge in [-0.3, -0.25) is 0 Å². The van der Waals surface area contributed by atoms with Crippen LogP contribution < -0.4 is 4.74 Å². The number of nitroso groups, excluding NO2 is 1. The van der Waals surface area contributed by atoms with Crippen molar-refractivity contribution in [1.29, 1.82) is 0 Å². The Morgan fingerprint density at radius 3 is 2.07 bits per heavy atom. The maximum Gasteiger partial charge on any atom is 0.387 e. The molecule has 0 aliphatic heterocycles. The zero-order chi connectivity index (χ0) is 10.7. The predicted octanol–water partition coefficient (Wildman–Crippen LogP) is 2.96. The molecule has 0 N–H and O–H groups in total. The number of hydrogen-bond donors (Lipinski definition) is 0. The third-order valence-electron chi connectivity index (χ3n) is 1.31. The molecule has 0 aromatic heterocycles. The molecule has 7 heteroatoms. The lowest BCUT2D eigenvalue weighted by Gasteiger charge is -2.04. The molecule has 0 aliphatic rings. The Labute approximate surface area is 75.3 Å². The fraction of sp³-hybridized carbons (Fsp3) is 0.143. The average molecular weight is 209 g/mol. The van der Waals surface area contributed by atoms with Gasteiger partial charge in [-0.1, -0.05) is 0 Å². The molecule has 0 heterocycles. The van der Waals surface area contributed by atoms with Gasteiger partial charge in [-0.05, 0) is 5.18 Å². The zero-order valence-electron chi connectivity index (χ0n) is 6.51. The van der Waals surface area contributed by atoms with Crippen molar-refractivity contribution in [3.8, 4) is 5.75 Å². The van der Waals surface area contributed by atoms with Crippen LogP contribution in [0.15, 0.2) is 17.3 Å². The van der Waals surface area contributed by atoms with Crippen LogP contribution in [0.25, 0.3) is 0 Å². The largest absolute Gasteiger partial charge is 0.435 e. The quantitative estimate of drug-likeness (QED) is 0.567. The van der Waals surface area contributed by atoms with Gasteiger partial charge in [-0.25, -0.2) is 8.78 Å². The molecule has 0 radical (unpaired) electrons. The van der Waals surface area contributed by atoms with Crippen LogP contribution in [0.2, 0.25) is 0 Å². The summed E-state index contributed by atoms with van der Waals surface area (Å²) in [5, 5.41) is 2.05. The number of hydrogen-bond acceptors (Lipinski definition) is 3. The summed E-state index contributed by atoms with van der Waals surface area (Å²) in [6.07, 6.45) is 0. The van der Waals surface area contributed by atoms with E-state index >= 15 is 0 Å². The van der Waals surface area contributed by atoms with E-state index in [0.717, 1.165) is 0 Å². The van der Waals surface area contributed by atoms with Gasteiger partial charge in [0, 0.05) is 12.1 Å². The number of benzene rings is 1. The van der Waals surface area contributed by atoms with Crippen molar-refractivity contribution in [1.82, 2.24) is 0 Å². The molecular formula is C7H3F4NO2. The van der Waals surface area contributed by atoms with E-state index in [4.69, 9.17) is 0 Å². The molecule has 0 unspecified atom stereocenters. The third-order valence-corrected chi connectivity index (χ3v) is 1.31. The van der Waals surface area contributed by atoms with Gasteiger partial charge in [0.1, 0.15) is 5.75 Å². The fourth-order valence-corrected chi connectivity index (χ4v) is 0.800. The summed E-state index contributed by atoms with van der Waals surface area (Å²) in [6, 6.07) is 0.901. The molecule has 0 fully saturated rings. The average Bonchev–Trinajstić information content (AvgIpc) is 2.01. The van der Waals surface area contributed by atoms with Crippen LogP contribution in [0.3, 0.4) is 0 Å². The van der Waals surface area contributed by atoms with Crippen LogP contribution in [0.5, 0.6) is 5.75 Å². The molecule has 0 aliphatic carbocycles. The predicted molar refractivity (Wildman–Crippen MR) is 38.4 cm³/mol. The summed E-state index contributed by atoms with van der Waals surface area (Å²) in [6.45, 7) is -3.19. The van der Waals surface area contributed by atoms with E-state index in [1.54, 1.807) is 0 Å². The second-order valence-electron chi connectivity index (χ2n) is 2.21.